The fourth-order valence-corrected chi connectivity index (χ4v) is 3.02. The van der Waals surface area contributed by atoms with Gasteiger partial charge in [-0.25, -0.2) is 9.97 Å². The lowest BCUT2D eigenvalue weighted by Crippen LogP contribution is -2.34. The molecule has 2 heterocycles. The molecule has 1 fully saturated rings. The molecule has 0 bridgehead atoms. The number of rotatable bonds is 4. The summed E-state index contributed by atoms with van der Waals surface area (Å²) in [5.74, 6) is -1.85. The summed E-state index contributed by atoms with van der Waals surface area (Å²) < 4.78 is 38.4. The SMILES string of the molecule is CCCC1(CO)CCN(C(=O)c2cc(C)nc(C(F)(F)F)n2)C1. The van der Waals surface area contributed by atoms with Gasteiger partial charge in [0.15, 0.2) is 0 Å². The van der Waals surface area contributed by atoms with Gasteiger partial charge in [-0.15, -0.1) is 0 Å². The molecule has 1 aliphatic heterocycles. The van der Waals surface area contributed by atoms with Gasteiger partial charge in [0, 0.05) is 24.2 Å². The van der Waals surface area contributed by atoms with Gasteiger partial charge in [0.1, 0.15) is 5.69 Å². The number of aryl methyl sites for hydroxylation is 1. The normalized spacial score (nSPS) is 21.7. The molecule has 1 unspecified atom stereocenters. The molecule has 0 saturated carbocycles. The van der Waals surface area contributed by atoms with E-state index in [1.165, 1.54) is 17.9 Å². The van der Waals surface area contributed by atoms with Crippen LogP contribution in [0.1, 0.15) is 48.2 Å². The van der Waals surface area contributed by atoms with E-state index < -0.39 is 17.9 Å². The number of carbonyl (C=O) groups excluding carboxylic acids is 1. The van der Waals surface area contributed by atoms with E-state index in [0.29, 0.717) is 19.5 Å². The molecule has 2 rings (SSSR count). The Morgan fingerprint density at radius 3 is 2.70 bits per heavy atom. The highest BCUT2D eigenvalue weighted by atomic mass is 19.4. The van der Waals surface area contributed by atoms with Crippen LogP contribution in [0.5, 0.6) is 0 Å². The van der Waals surface area contributed by atoms with Gasteiger partial charge in [-0.2, -0.15) is 13.2 Å². The second-order valence-electron chi connectivity index (χ2n) is 6.10. The summed E-state index contributed by atoms with van der Waals surface area (Å²) in [5, 5.41) is 9.60. The van der Waals surface area contributed by atoms with Gasteiger partial charge in [-0.3, -0.25) is 4.79 Å². The fourth-order valence-electron chi connectivity index (χ4n) is 3.02. The smallest absolute Gasteiger partial charge is 0.396 e. The number of aromatic nitrogens is 2. The Balaban J connectivity index is 2.23. The van der Waals surface area contributed by atoms with Crippen molar-refractivity contribution in [1.82, 2.24) is 14.9 Å². The minimum absolute atomic E-state index is 0.0405. The predicted molar refractivity (Wildman–Crippen MR) is 76.7 cm³/mol. The van der Waals surface area contributed by atoms with E-state index in [1.807, 2.05) is 6.92 Å². The molecule has 5 nitrogen and oxygen atoms in total. The van der Waals surface area contributed by atoms with E-state index in [-0.39, 0.29) is 23.4 Å². The molecule has 0 radical (unpaired) electrons. The zero-order valence-corrected chi connectivity index (χ0v) is 13.2. The number of alkyl halides is 3. The Morgan fingerprint density at radius 2 is 2.13 bits per heavy atom. The van der Waals surface area contributed by atoms with E-state index in [9.17, 15) is 23.1 Å². The fraction of sp³-hybridized carbons (Fsp3) is 0.667. The van der Waals surface area contributed by atoms with Crippen LogP contribution in [0.3, 0.4) is 0 Å². The summed E-state index contributed by atoms with van der Waals surface area (Å²) in [6.45, 7) is 4.09. The van der Waals surface area contributed by atoms with Crippen LogP contribution in [-0.2, 0) is 6.18 Å². The quantitative estimate of drug-likeness (QED) is 0.920. The van der Waals surface area contributed by atoms with E-state index in [2.05, 4.69) is 9.97 Å². The zero-order chi connectivity index (χ0) is 17.3. The lowest BCUT2D eigenvalue weighted by Gasteiger charge is -2.26. The number of hydrogen-bond acceptors (Lipinski definition) is 4. The molecule has 1 aliphatic rings. The maximum atomic E-state index is 12.8. The third-order valence-corrected chi connectivity index (χ3v) is 4.17. The van der Waals surface area contributed by atoms with Crippen molar-refractivity contribution in [2.24, 2.45) is 5.41 Å². The summed E-state index contributed by atoms with van der Waals surface area (Å²) in [7, 11) is 0. The van der Waals surface area contributed by atoms with E-state index >= 15 is 0 Å². The van der Waals surface area contributed by atoms with E-state index in [1.54, 1.807) is 0 Å². The molecule has 0 aromatic carbocycles. The monoisotopic (exact) mass is 331 g/mol. The third-order valence-electron chi connectivity index (χ3n) is 4.17. The third kappa shape index (κ3) is 3.80. The summed E-state index contributed by atoms with van der Waals surface area (Å²) in [5.41, 5.74) is -0.522. The first-order valence-electron chi connectivity index (χ1n) is 7.54. The van der Waals surface area contributed by atoms with Crippen LogP contribution < -0.4 is 0 Å². The minimum Gasteiger partial charge on any atom is -0.396 e. The van der Waals surface area contributed by atoms with Gasteiger partial charge in [0.2, 0.25) is 5.82 Å². The van der Waals surface area contributed by atoms with Gasteiger partial charge >= 0.3 is 6.18 Å². The summed E-state index contributed by atoms with van der Waals surface area (Å²) >= 11 is 0. The van der Waals surface area contributed by atoms with Gasteiger partial charge < -0.3 is 10.0 Å². The topological polar surface area (TPSA) is 66.3 Å². The minimum atomic E-state index is -4.69. The van der Waals surface area contributed by atoms with Crippen molar-refractivity contribution in [3.05, 3.63) is 23.3 Å². The highest BCUT2D eigenvalue weighted by molar-refractivity contribution is 5.92. The number of hydrogen-bond donors (Lipinski definition) is 1. The number of aliphatic hydroxyl groups excluding tert-OH is 1. The molecule has 128 valence electrons. The number of amides is 1. The molecular formula is C15H20F3N3O2. The molecule has 1 aromatic rings. The van der Waals surface area contributed by atoms with Gasteiger partial charge in [0.25, 0.3) is 5.91 Å². The number of likely N-dealkylation sites (tertiary alicyclic amines) is 1. The molecule has 23 heavy (non-hydrogen) atoms. The van der Waals surface area contributed by atoms with Crippen LogP contribution in [0.15, 0.2) is 6.07 Å². The molecule has 8 heteroatoms. The average Bonchev–Trinajstić information content (AvgIpc) is 2.90. The van der Waals surface area contributed by atoms with Gasteiger partial charge in [-0.1, -0.05) is 13.3 Å². The van der Waals surface area contributed by atoms with Crippen molar-refractivity contribution in [3.8, 4) is 0 Å². The second-order valence-corrected chi connectivity index (χ2v) is 6.10. The zero-order valence-electron chi connectivity index (χ0n) is 13.2. The van der Waals surface area contributed by atoms with Crippen LogP contribution in [0.4, 0.5) is 13.2 Å². The molecule has 0 spiro atoms. The molecule has 1 atom stereocenters. The van der Waals surface area contributed by atoms with Crippen LogP contribution in [-0.4, -0.2) is 45.6 Å². The van der Waals surface area contributed by atoms with Crippen LogP contribution in [0.25, 0.3) is 0 Å². The molecule has 1 saturated heterocycles. The van der Waals surface area contributed by atoms with Crippen molar-refractivity contribution in [3.63, 3.8) is 0 Å². The van der Waals surface area contributed by atoms with Gasteiger partial charge in [0.05, 0.1) is 6.61 Å². The number of carbonyl (C=O) groups is 1. The maximum Gasteiger partial charge on any atom is 0.451 e. The largest absolute Gasteiger partial charge is 0.451 e. The molecule has 1 aromatic heterocycles. The molecule has 0 aliphatic carbocycles. The lowest BCUT2D eigenvalue weighted by atomic mass is 9.83. The van der Waals surface area contributed by atoms with Gasteiger partial charge in [-0.05, 0) is 25.8 Å². The first-order valence-corrected chi connectivity index (χ1v) is 7.54. The van der Waals surface area contributed by atoms with Crippen molar-refractivity contribution in [1.29, 1.82) is 0 Å². The molecular weight excluding hydrogens is 311 g/mol. The highest BCUT2D eigenvalue weighted by Crippen LogP contribution is 2.35. The maximum absolute atomic E-state index is 12.8. The van der Waals surface area contributed by atoms with Crippen LogP contribution >= 0.6 is 0 Å². The van der Waals surface area contributed by atoms with Crippen molar-refractivity contribution in [2.45, 2.75) is 39.3 Å². The standard InChI is InChI=1S/C15H20F3N3O2/c1-3-4-14(9-22)5-6-21(8-14)12(23)11-7-10(2)19-13(20-11)15(16,17)18/h7,22H,3-6,8-9H2,1-2H3. The summed E-state index contributed by atoms with van der Waals surface area (Å²) in [4.78, 5) is 20.7. The van der Waals surface area contributed by atoms with Crippen LogP contribution in [0, 0.1) is 12.3 Å². The number of nitrogens with zero attached hydrogens (tertiary/aromatic N) is 3. The van der Waals surface area contributed by atoms with Crippen LogP contribution in [0.2, 0.25) is 0 Å². The van der Waals surface area contributed by atoms with E-state index in [0.717, 1.165) is 12.8 Å². The lowest BCUT2D eigenvalue weighted by molar-refractivity contribution is -0.145. The highest BCUT2D eigenvalue weighted by Gasteiger charge is 2.40. The summed E-state index contributed by atoms with van der Waals surface area (Å²) in [6.07, 6.45) is -2.42. The second kappa shape index (κ2) is 6.43. The van der Waals surface area contributed by atoms with Crippen molar-refractivity contribution >= 4 is 5.91 Å². The number of aliphatic hydroxyl groups is 1. The predicted octanol–water partition coefficient (Wildman–Crippen LogP) is 2.43. The first kappa shape index (κ1) is 17.7. The Kier molecular flexibility index (Phi) is 4.93. The molecule has 1 amide bonds. The van der Waals surface area contributed by atoms with Crippen molar-refractivity contribution < 1.29 is 23.1 Å². The van der Waals surface area contributed by atoms with E-state index in [4.69, 9.17) is 0 Å². The average molecular weight is 331 g/mol. The Bertz CT molecular complexity index is 592. The summed E-state index contributed by atoms with van der Waals surface area (Å²) in [6, 6.07) is 1.26. The Hall–Kier alpha value is -1.70. The first-order chi connectivity index (χ1) is 10.7. The Labute approximate surface area is 132 Å². The Morgan fingerprint density at radius 1 is 1.43 bits per heavy atom. The molecule has 1 N–H and O–H groups in total. The number of halogens is 3. The van der Waals surface area contributed by atoms with Crippen molar-refractivity contribution in [2.75, 3.05) is 19.7 Å².